The van der Waals surface area contributed by atoms with E-state index in [9.17, 15) is 4.79 Å². The van der Waals surface area contributed by atoms with Gasteiger partial charge in [-0.3, -0.25) is 5.32 Å². The third kappa shape index (κ3) is 7.84. The van der Waals surface area contributed by atoms with Gasteiger partial charge in [-0.1, -0.05) is 0 Å². The molecule has 0 aliphatic rings. The molecular weight excluding hydrogens is 146 g/mol. The van der Waals surface area contributed by atoms with Gasteiger partial charge in [-0.25, -0.2) is 4.79 Å². The summed E-state index contributed by atoms with van der Waals surface area (Å²) in [6, 6.07) is 0. The van der Waals surface area contributed by atoms with Crippen LogP contribution < -0.4 is 17.7 Å². The van der Waals surface area contributed by atoms with Gasteiger partial charge < -0.3 is 22.6 Å². The molecule has 0 aliphatic carbocycles. The standard InChI is InChI=1S/C4H9NO3.ClH/c6-2-1-5-4(8)3-7;/h6-7H,1-3H2,(H,5,8);1H. The maximum atomic E-state index is 10.2. The molecule has 0 heterocycles. The van der Waals surface area contributed by atoms with Gasteiger partial charge in [0.05, 0.1) is 6.61 Å². The Hall–Kier alpha value is -0.160. The van der Waals surface area contributed by atoms with Crippen molar-refractivity contribution in [2.45, 2.75) is 0 Å². The lowest BCUT2D eigenvalue weighted by molar-refractivity contribution is -0.571. The van der Waals surface area contributed by atoms with Crippen molar-refractivity contribution in [1.82, 2.24) is 0 Å². The van der Waals surface area contributed by atoms with E-state index < -0.39 is 6.61 Å². The average Bonchev–Trinajstić information content (AvgIpc) is 1.83. The first-order valence-corrected chi connectivity index (χ1v) is 2.39. The number of aliphatic hydroxyl groups excluding tert-OH is 2. The minimum Gasteiger partial charge on any atom is -1.00 e. The molecule has 4 nitrogen and oxygen atoms in total. The Labute approximate surface area is 59.3 Å². The molecule has 5 heteroatoms. The van der Waals surface area contributed by atoms with Crippen molar-refractivity contribution in [3.05, 3.63) is 0 Å². The maximum Gasteiger partial charge on any atom is 0.336 e. The van der Waals surface area contributed by atoms with Gasteiger partial charge in [-0.05, 0) is 0 Å². The molecule has 0 spiro atoms. The fourth-order valence-corrected chi connectivity index (χ4v) is 0.290. The molecule has 0 aliphatic heterocycles. The molecule has 0 fully saturated rings. The van der Waals surface area contributed by atoms with E-state index >= 15 is 0 Å². The van der Waals surface area contributed by atoms with Crippen molar-refractivity contribution in [3.8, 4) is 0 Å². The Kier molecular flexibility index (Phi) is 10.1. The SMILES string of the molecule is O=C(CO)[NH2+]CCO.[Cl-]. The van der Waals surface area contributed by atoms with Crippen LogP contribution in [0, 0.1) is 0 Å². The molecule has 0 rings (SSSR count). The van der Waals surface area contributed by atoms with Crippen LogP contribution in [0.4, 0.5) is 0 Å². The van der Waals surface area contributed by atoms with E-state index in [1.807, 2.05) is 0 Å². The van der Waals surface area contributed by atoms with Crippen molar-refractivity contribution in [1.29, 1.82) is 0 Å². The Balaban J connectivity index is 0. The molecule has 0 radical (unpaired) electrons. The normalized spacial score (nSPS) is 8.22. The highest BCUT2D eigenvalue weighted by Gasteiger charge is 1.98. The molecule has 0 aromatic rings. The van der Waals surface area contributed by atoms with Crippen molar-refractivity contribution in [3.63, 3.8) is 0 Å². The molecule has 4 N–H and O–H groups in total. The molecular formula is C4H10ClNO3. The zero-order chi connectivity index (χ0) is 6.41. The van der Waals surface area contributed by atoms with Crippen LogP contribution in [0.1, 0.15) is 0 Å². The molecule has 0 aromatic heterocycles. The lowest BCUT2D eigenvalue weighted by Gasteiger charge is -1.90. The number of quaternary nitrogens is 1. The predicted molar refractivity (Wildman–Crippen MR) is 26.0 cm³/mol. The highest BCUT2D eigenvalue weighted by atomic mass is 35.5. The van der Waals surface area contributed by atoms with Gasteiger partial charge in [-0.2, -0.15) is 0 Å². The summed E-state index contributed by atoms with van der Waals surface area (Å²) < 4.78 is 0. The summed E-state index contributed by atoms with van der Waals surface area (Å²) in [5, 5.41) is 17.5. The predicted octanol–water partition coefficient (Wildman–Crippen LogP) is -5.93. The number of halogens is 1. The summed E-state index contributed by atoms with van der Waals surface area (Å²) in [5.41, 5.74) is 0. The molecule has 0 aromatic carbocycles. The number of amides is 1. The number of carbonyl (C=O) groups is 1. The molecule has 1 amide bonds. The van der Waals surface area contributed by atoms with Crippen molar-refractivity contribution < 1.29 is 32.7 Å². The van der Waals surface area contributed by atoms with Crippen LogP contribution in [0.2, 0.25) is 0 Å². The Morgan fingerprint density at radius 2 is 2.00 bits per heavy atom. The monoisotopic (exact) mass is 155 g/mol. The topological polar surface area (TPSA) is 74.1 Å². The number of nitrogens with two attached hydrogens (primary N) is 1. The number of hydrogen-bond donors (Lipinski definition) is 3. The molecule has 0 saturated carbocycles. The van der Waals surface area contributed by atoms with E-state index in [1.165, 1.54) is 5.32 Å². The minimum absolute atomic E-state index is 0. The second-order valence-corrected chi connectivity index (χ2v) is 1.34. The van der Waals surface area contributed by atoms with Crippen molar-refractivity contribution >= 4 is 5.91 Å². The van der Waals surface area contributed by atoms with E-state index in [2.05, 4.69) is 0 Å². The van der Waals surface area contributed by atoms with Gasteiger partial charge in [-0.15, -0.1) is 0 Å². The summed E-state index contributed by atoms with van der Waals surface area (Å²) in [7, 11) is 0. The summed E-state index contributed by atoms with van der Waals surface area (Å²) in [4.78, 5) is 10.2. The second kappa shape index (κ2) is 7.84. The van der Waals surface area contributed by atoms with Crippen LogP contribution in [0.15, 0.2) is 0 Å². The number of rotatable bonds is 3. The first kappa shape index (κ1) is 11.6. The van der Waals surface area contributed by atoms with E-state index in [4.69, 9.17) is 10.2 Å². The molecule has 0 bridgehead atoms. The third-order valence-corrected chi connectivity index (χ3v) is 0.657. The minimum atomic E-state index is -0.458. The first-order valence-electron chi connectivity index (χ1n) is 2.39. The van der Waals surface area contributed by atoms with Crippen LogP contribution in [-0.2, 0) is 4.79 Å². The molecule has 9 heavy (non-hydrogen) atoms. The first-order chi connectivity index (χ1) is 3.81. The molecule has 0 saturated heterocycles. The zero-order valence-electron chi connectivity index (χ0n) is 4.88. The fraction of sp³-hybridized carbons (Fsp3) is 0.750. The lowest BCUT2D eigenvalue weighted by atomic mass is 10.6. The van der Waals surface area contributed by atoms with E-state index in [0.717, 1.165) is 0 Å². The Morgan fingerprint density at radius 3 is 2.33 bits per heavy atom. The van der Waals surface area contributed by atoms with Crippen LogP contribution >= 0.6 is 0 Å². The second-order valence-electron chi connectivity index (χ2n) is 1.34. The highest BCUT2D eigenvalue weighted by Crippen LogP contribution is 1.46. The number of aliphatic hydroxyl groups is 2. The van der Waals surface area contributed by atoms with Crippen molar-refractivity contribution in [2.24, 2.45) is 0 Å². The maximum absolute atomic E-state index is 10.2. The molecule has 56 valence electrons. The van der Waals surface area contributed by atoms with Crippen LogP contribution in [0.25, 0.3) is 0 Å². The fourth-order valence-electron chi connectivity index (χ4n) is 0.290. The highest BCUT2D eigenvalue weighted by molar-refractivity contribution is 5.66. The van der Waals surface area contributed by atoms with Crippen LogP contribution in [0.5, 0.6) is 0 Å². The summed E-state index contributed by atoms with van der Waals surface area (Å²) in [6.45, 7) is -0.162. The van der Waals surface area contributed by atoms with E-state index in [1.54, 1.807) is 0 Å². The molecule has 0 unspecified atom stereocenters. The zero-order valence-corrected chi connectivity index (χ0v) is 5.64. The smallest absolute Gasteiger partial charge is 0.336 e. The summed E-state index contributed by atoms with van der Waals surface area (Å²) >= 11 is 0. The number of hydrogen-bond acceptors (Lipinski definition) is 3. The molecule has 0 atom stereocenters. The summed E-state index contributed by atoms with van der Waals surface area (Å²) in [6.07, 6.45) is 0. The van der Waals surface area contributed by atoms with Gasteiger partial charge in [0.15, 0.2) is 6.61 Å². The van der Waals surface area contributed by atoms with Gasteiger partial charge in [0.2, 0.25) is 0 Å². The Morgan fingerprint density at radius 1 is 1.44 bits per heavy atom. The largest absolute Gasteiger partial charge is 1.00 e. The quantitative estimate of drug-likeness (QED) is 0.380. The average molecular weight is 156 g/mol. The van der Waals surface area contributed by atoms with E-state index in [-0.39, 0.29) is 24.9 Å². The van der Waals surface area contributed by atoms with Crippen LogP contribution in [0.3, 0.4) is 0 Å². The van der Waals surface area contributed by atoms with Gasteiger partial charge in [0.25, 0.3) is 0 Å². The van der Waals surface area contributed by atoms with Crippen molar-refractivity contribution in [2.75, 3.05) is 19.8 Å². The Bertz CT molecular complexity index is 78.2. The third-order valence-electron chi connectivity index (χ3n) is 0.657. The van der Waals surface area contributed by atoms with E-state index in [0.29, 0.717) is 6.54 Å². The van der Waals surface area contributed by atoms with Gasteiger partial charge in [0.1, 0.15) is 6.54 Å². The van der Waals surface area contributed by atoms with Gasteiger partial charge >= 0.3 is 5.91 Å². The van der Waals surface area contributed by atoms with Gasteiger partial charge in [0, 0.05) is 0 Å². The summed E-state index contributed by atoms with van der Waals surface area (Å²) in [5.74, 6) is -0.334. The van der Waals surface area contributed by atoms with Crippen LogP contribution in [-0.4, -0.2) is 35.9 Å². The number of carbonyl (C=O) groups excluding carboxylic acids is 1. The lowest BCUT2D eigenvalue weighted by Crippen LogP contribution is -3.00. The number of primary amides is 1.